The fourth-order valence-corrected chi connectivity index (χ4v) is 2.72. The number of carboxylic acid groups (broad SMARTS) is 1. The number of para-hydroxylation sites is 2. The molecule has 6 heteroatoms. The highest BCUT2D eigenvalue weighted by atomic mass is 16.4. The summed E-state index contributed by atoms with van der Waals surface area (Å²) in [6, 6.07) is 15.8. The van der Waals surface area contributed by atoms with Gasteiger partial charge in [0, 0.05) is 24.9 Å². The van der Waals surface area contributed by atoms with Crippen molar-refractivity contribution in [2.75, 3.05) is 0 Å². The summed E-state index contributed by atoms with van der Waals surface area (Å²) in [6.45, 7) is 0.457. The van der Waals surface area contributed by atoms with Crippen LogP contribution in [0.1, 0.15) is 31.2 Å². The lowest BCUT2D eigenvalue weighted by Crippen LogP contribution is -2.22. The van der Waals surface area contributed by atoms with E-state index in [0.29, 0.717) is 25.8 Å². The van der Waals surface area contributed by atoms with Crippen molar-refractivity contribution in [1.82, 2.24) is 15.3 Å². The van der Waals surface area contributed by atoms with E-state index in [4.69, 9.17) is 5.11 Å². The Bertz CT molecular complexity index is 867. The zero-order chi connectivity index (χ0) is 18.4. The molecule has 0 saturated carbocycles. The van der Waals surface area contributed by atoms with Crippen LogP contribution in [0.4, 0.5) is 0 Å². The molecule has 0 aliphatic carbocycles. The van der Waals surface area contributed by atoms with Crippen LogP contribution in [0.2, 0.25) is 0 Å². The maximum Gasteiger partial charge on any atom is 0.303 e. The minimum Gasteiger partial charge on any atom is -0.481 e. The number of nitrogens with zero attached hydrogens (tertiary/aromatic N) is 1. The molecule has 0 aliphatic rings. The Morgan fingerprint density at radius 1 is 1.00 bits per heavy atom. The van der Waals surface area contributed by atoms with Gasteiger partial charge in [-0.1, -0.05) is 36.4 Å². The second kappa shape index (κ2) is 8.29. The summed E-state index contributed by atoms with van der Waals surface area (Å²) in [7, 11) is 0. The van der Waals surface area contributed by atoms with Gasteiger partial charge in [0.25, 0.3) is 0 Å². The van der Waals surface area contributed by atoms with Gasteiger partial charge in [0.15, 0.2) is 0 Å². The Balaban J connectivity index is 1.51. The number of rotatable bonds is 8. The van der Waals surface area contributed by atoms with Crippen LogP contribution in [0.15, 0.2) is 48.5 Å². The number of aromatic nitrogens is 2. The molecule has 0 spiro atoms. The number of imidazole rings is 1. The number of unbranched alkanes of at least 4 members (excludes halogenated alkanes) is 1. The Kier molecular flexibility index (Phi) is 5.63. The molecule has 1 aromatic heterocycles. The maximum absolute atomic E-state index is 11.8. The normalized spacial score (nSPS) is 10.8. The summed E-state index contributed by atoms with van der Waals surface area (Å²) in [5, 5.41) is 11.4. The maximum atomic E-state index is 11.8. The average Bonchev–Trinajstić information content (AvgIpc) is 3.08. The van der Waals surface area contributed by atoms with Crippen LogP contribution in [0, 0.1) is 0 Å². The van der Waals surface area contributed by atoms with Crippen LogP contribution >= 0.6 is 0 Å². The van der Waals surface area contributed by atoms with Gasteiger partial charge in [0.05, 0.1) is 11.0 Å². The fraction of sp³-hybridized carbons (Fsp3) is 0.250. The minimum absolute atomic E-state index is 0.0586. The number of aliphatic carboxylic acids is 1. The summed E-state index contributed by atoms with van der Waals surface area (Å²) in [4.78, 5) is 30.1. The first-order chi connectivity index (χ1) is 12.6. The number of amides is 1. The van der Waals surface area contributed by atoms with E-state index in [9.17, 15) is 9.59 Å². The van der Waals surface area contributed by atoms with Gasteiger partial charge in [-0.2, -0.15) is 0 Å². The zero-order valence-electron chi connectivity index (χ0n) is 14.4. The van der Waals surface area contributed by atoms with Crippen molar-refractivity contribution >= 4 is 22.9 Å². The standard InChI is InChI=1S/C20H21N3O3/c24-18(7-3-4-8-19(25)26)21-13-14-9-11-15(12-10-14)20-22-16-5-1-2-6-17(16)23-20/h1-2,5-6,9-12H,3-4,7-8,13H2,(H,21,24)(H,22,23)(H,25,26). The van der Waals surface area contributed by atoms with E-state index < -0.39 is 5.97 Å². The molecule has 6 nitrogen and oxygen atoms in total. The fourth-order valence-electron chi connectivity index (χ4n) is 2.72. The number of fused-ring (bicyclic) bond motifs is 1. The Labute approximate surface area is 151 Å². The number of aromatic amines is 1. The molecule has 0 radical (unpaired) electrons. The molecule has 2 aromatic carbocycles. The van der Waals surface area contributed by atoms with Crippen LogP contribution < -0.4 is 5.32 Å². The number of hydrogen-bond acceptors (Lipinski definition) is 3. The van der Waals surface area contributed by atoms with Crippen molar-refractivity contribution < 1.29 is 14.7 Å². The third kappa shape index (κ3) is 4.69. The van der Waals surface area contributed by atoms with E-state index in [1.54, 1.807) is 0 Å². The predicted octanol–water partition coefficient (Wildman–Crippen LogP) is 3.49. The second-order valence-electron chi connectivity index (χ2n) is 6.18. The minimum atomic E-state index is -0.824. The molecule has 0 bridgehead atoms. The van der Waals surface area contributed by atoms with E-state index >= 15 is 0 Å². The van der Waals surface area contributed by atoms with Gasteiger partial charge in [-0.05, 0) is 30.5 Å². The van der Waals surface area contributed by atoms with Gasteiger partial charge < -0.3 is 15.4 Å². The highest BCUT2D eigenvalue weighted by molar-refractivity contribution is 5.79. The van der Waals surface area contributed by atoms with Crippen molar-refractivity contribution in [2.24, 2.45) is 0 Å². The third-order valence-corrected chi connectivity index (χ3v) is 4.15. The van der Waals surface area contributed by atoms with Gasteiger partial charge in [-0.15, -0.1) is 0 Å². The molecule has 0 fully saturated rings. The molecular weight excluding hydrogens is 330 g/mol. The van der Waals surface area contributed by atoms with Crippen LogP contribution in [0.5, 0.6) is 0 Å². The topological polar surface area (TPSA) is 95.1 Å². The van der Waals surface area contributed by atoms with Crippen LogP contribution in [0.3, 0.4) is 0 Å². The number of carbonyl (C=O) groups excluding carboxylic acids is 1. The molecule has 0 aliphatic heterocycles. The third-order valence-electron chi connectivity index (χ3n) is 4.15. The van der Waals surface area contributed by atoms with Crippen molar-refractivity contribution in [2.45, 2.75) is 32.2 Å². The number of H-pyrrole nitrogens is 1. The monoisotopic (exact) mass is 351 g/mol. The SMILES string of the molecule is O=C(O)CCCCC(=O)NCc1ccc(-c2nc3ccccc3[nH]2)cc1. The number of carbonyl (C=O) groups is 2. The van der Waals surface area contributed by atoms with E-state index in [1.165, 1.54) is 0 Å². The van der Waals surface area contributed by atoms with Gasteiger partial charge in [-0.25, -0.2) is 4.98 Å². The first kappa shape index (κ1) is 17.7. The lowest BCUT2D eigenvalue weighted by Gasteiger charge is -2.06. The van der Waals surface area contributed by atoms with Gasteiger partial charge >= 0.3 is 5.97 Å². The molecule has 0 atom stereocenters. The summed E-state index contributed by atoms with van der Waals surface area (Å²) >= 11 is 0. The second-order valence-corrected chi connectivity index (χ2v) is 6.18. The number of benzene rings is 2. The molecule has 1 amide bonds. The molecule has 3 N–H and O–H groups in total. The smallest absolute Gasteiger partial charge is 0.303 e. The first-order valence-electron chi connectivity index (χ1n) is 8.64. The van der Waals surface area contributed by atoms with E-state index in [1.807, 2.05) is 48.5 Å². The van der Waals surface area contributed by atoms with Crippen LogP contribution in [-0.2, 0) is 16.1 Å². The Morgan fingerprint density at radius 2 is 1.73 bits per heavy atom. The molecule has 134 valence electrons. The van der Waals surface area contributed by atoms with Crippen molar-refractivity contribution in [3.8, 4) is 11.4 Å². The summed E-state index contributed by atoms with van der Waals surface area (Å²) < 4.78 is 0. The first-order valence-corrected chi connectivity index (χ1v) is 8.64. The summed E-state index contributed by atoms with van der Waals surface area (Å²) in [6.07, 6.45) is 1.57. The van der Waals surface area contributed by atoms with Crippen molar-refractivity contribution in [1.29, 1.82) is 0 Å². The van der Waals surface area contributed by atoms with Crippen LogP contribution in [0.25, 0.3) is 22.4 Å². The van der Waals surface area contributed by atoms with E-state index in [0.717, 1.165) is 28.0 Å². The molecular formula is C20H21N3O3. The lowest BCUT2D eigenvalue weighted by atomic mass is 10.1. The quantitative estimate of drug-likeness (QED) is 0.541. The molecule has 1 heterocycles. The Hall–Kier alpha value is -3.15. The highest BCUT2D eigenvalue weighted by Gasteiger charge is 2.06. The number of nitrogens with one attached hydrogen (secondary N) is 2. The van der Waals surface area contributed by atoms with Crippen molar-refractivity contribution in [3.05, 3.63) is 54.1 Å². The molecule has 3 rings (SSSR count). The lowest BCUT2D eigenvalue weighted by molar-refractivity contribution is -0.137. The van der Waals surface area contributed by atoms with Gasteiger partial charge in [0.2, 0.25) is 5.91 Å². The van der Waals surface area contributed by atoms with E-state index in [2.05, 4.69) is 15.3 Å². The Morgan fingerprint density at radius 3 is 2.46 bits per heavy atom. The molecule has 0 unspecified atom stereocenters. The summed E-state index contributed by atoms with van der Waals surface area (Å²) in [5.41, 5.74) is 3.93. The summed E-state index contributed by atoms with van der Waals surface area (Å²) in [5.74, 6) is -0.0630. The average molecular weight is 351 g/mol. The number of carboxylic acids is 1. The molecule has 3 aromatic rings. The predicted molar refractivity (Wildman–Crippen MR) is 99.5 cm³/mol. The molecule has 26 heavy (non-hydrogen) atoms. The zero-order valence-corrected chi connectivity index (χ0v) is 14.4. The van der Waals surface area contributed by atoms with Gasteiger partial charge in [-0.3, -0.25) is 9.59 Å². The van der Waals surface area contributed by atoms with E-state index in [-0.39, 0.29) is 12.3 Å². The van der Waals surface area contributed by atoms with Crippen LogP contribution in [-0.4, -0.2) is 27.0 Å². The molecule has 0 saturated heterocycles. The highest BCUT2D eigenvalue weighted by Crippen LogP contribution is 2.20. The largest absolute Gasteiger partial charge is 0.481 e. The van der Waals surface area contributed by atoms with Crippen molar-refractivity contribution in [3.63, 3.8) is 0 Å². The van der Waals surface area contributed by atoms with Gasteiger partial charge in [0.1, 0.15) is 5.82 Å². The number of hydrogen-bond donors (Lipinski definition) is 3.